The Morgan fingerprint density at radius 3 is 2.44 bits per heavy atom. The highest BCUT2D eigenvalue weighted by Gasteiger charge is 2.16. The summed E-state index contributed by atoms with van der Waals surface area (Å²) in [5.74, 6) is 5.59. The van der Waals surface area contributed by atoms with E-state index in [1.165, 1.54) is 0 Å². The molecule has 0 saturated carbocycles. The van der Waals surface area contributed by atoms with Gasteiger partial charge in [-0.15, -0.1) is 0 Å². The van der Waals surface area contributed by atoms with Crippen LogP contribution < -0.4 is 11.3 Å². The normalized spacial score (nSPS) is 12.4. The van der Waals surface area contributed by atoms with Crippen molar-refractivity contribution in [3.8, 4) is 0 Å². The van der Waals surface area contributed by atoms with Gasteiger partial charge in [0, 0.05) is 12.4 Å². The molecule has 0 amide bonds. The molecule has 0 aliphatic carbocycles. The van der Waals surface area contributed by atoms with Gasteiger partial charge in [-0.05, 0) is 29.3 Å². The van der Waals surface area contributed by atoms with Crippen molar-refractivity contribution in [2.75, 3.05) is 0 Å². The van der Waals surface area contributed by atoms with E-state index in [1.54, 1.807) is 30.6 Å². The van der Waals surface area contributed by atoms with Crippen LogP contribution in [0.2, 0.25) is 15.1 Å². The van der Waals surface area contributed by atoms with Crippen LogP contribution in [0.4, 0.5) is 0 Å². The maximum atomic E-state index is 6.10. The van der Waals surface area contributed by atoms with Gasteiger partial charge in [0.05, 0.1) is 21.1 Å². The molecule has 6 heteroatoms. The molecule has 0 radical (unpaired) electrons. The van der Waals surface area contributed by atoms with Crippen molar-refractivity contribution >= 4 is 34.8 Å². The van der Waals surface area contributed by atoms with Crippen molar-refractivity contribution in [2.24, 2.45) is 5.84 Å². The molecular formula is C12H10Cl3N3. The molecule has 3 nitrogen and oxygen atoms in total. The molecule has 0 bridgehead atoms. The molecule has 1 heterocycles. The van der Waals surface area contributed by atoms with Gasteiger partial charge in [-0.3, -0.25) is 10.8 Å². The number of nitrogens with one attached hydrogen (secondary N) is 1. The van der Waals surface area contributed by atoms with E-state index in [0.717, 1.165) is 11.1 Å². The Hall–Kier alpha value is -0.840. The zero-order valence-corrected chi connectivity index (χ0v) is 11.5. The number of rotatable bonds is 3. The fraction of sp³-hybridized carbons (Fsp3) is 0.0833. The zero-order valence-electron chi connectivity index (χ0n) is 9.20. The number of aromatic nitrogens is 1. The van der Waals surface area contributed by atoms with Gasteiger partial charge >= 0.3 is 0 Å². The third-order valence-electron chi connectivity index (χ3n) is 2.56. The van der Waals surface area contributed by atoms with Gasteiger partial charge in [-0.2, -0.15) is 0 Å². The molecule has 1 atom stereocenters. The molecule has 18 heavy (non-hydrogen) atoms. The summed E-state index contributed by atoms with van der Waals surface area (Å²) in [5.41, 5.74) is 4.41. The van der Waals surface area contributed by atoms with Crippen LogP contribution in [0.1, 0.15) is 17.2 Å². The van der Waals surface area contributed by atoms with E-state index in [9.17, 15) is 0 Å². The fourth-order valence-electron chi connectivity index (χ4n) is 1.68. The van der Waals surface area contributed by atoms with E-state index in [2.05, 4.69) is 10.4 Å². The van der Waals surface area contributed by atoms with E-state index < -0.39 is 0 Å². The van der Waals surface area contributed by atoms with Gasteiger partial charge in [0.1, 0.15) is 0 Å². The number of benzene rings is 1. The minimum Gasteiger partial charge on any atom is -0.271 e. The van der Waals surface area contributed by atoms with Gasteiger partial charge in [-0.1, -0.05) is 40.9 Å². The number of nitrogens with two attached hydrogens (primary N) is 1. The second-order valence-corrected chi connectivity index (χ2v) is 4.89. The summed E-state index contributed by atoms with van der Waals surface area (Å²) in [5, 5.41) is 1.50. The largest absolute Gasteiger partial charge is 0.271 e. The van der Waals surface area contributed by atoms with Gasteiger partial charge < -0.3 is 0 Å². The first-order valence-corrected chi connectivity index (χ1v) is 6.27. The SMILES string of the molecule is NNC(c1ccc(Cl)c(Cl)c1)c1ccncc1Cl. The van der Waals surface area contributed by atoms with Crippen LogP contribution in [-0.2, 0) is 0 Å². The summed E-state index contributed by atoms with van der Waals surface area (Å²) in [4.78, 5) is 3.94. The monoisotopic (exact) mass is 301 g/mol. The maximum Gasteiger partial charge on any atom is 0.0726 e. The molecule has 2 rings (SSSR count). The Morgan fingerprint density at radius 2 is 1.83 bits per heavy atom. The van der Waals surface area contributed by atoms with Gasteiger partial charge in [0.2, 0.25) is 0 Å². The lowest BCUT2D eigenvalue weighted by molar-refractivity contribution is 0.636. The number of nitrogens with zero attached hydrogens (tertiary/aromatic N) is 1. The summed E-state index contributed by atoms with van der Waals surface area (Å²) in [7, 11) is 0. The Kier molecular flexibility index (Phi) is 4.43. The summed E-state index contributed by atoms with van der Waals surface area (Å²) in [6.45, 7) is 0. The average Bonchev–Trinajstić information content (AvgIpc) is 2.37. The van der Waals surface area contributed by atoms with E-state index in [1.807, 2.05) is 6.07 Å². The minimum atomic E-state index is -0.268. The Labute approximate surface area is 120 Å². The number of pyridine rings is 1. The van der Waals surface area contributed by atoms with E-state index >= 15 is 0 Å². The van der Waals surface area contributed by atoms with Crippen molar-refractivity contribution in [1.29, 1.82) is 0 Å². The van der Waals surface area contributed by atoms with Gasteiger partial charge in [0.25, 0.3) is 0 Å². The Bertz CT molecular complexity index is 560. The number of hydrogen-bond acceptors (Lipinski definition) is 3. The van der Waals surface area contributed by atoms with Crippen LogP contribution in [0.3, 0.4) is 0 Å². The van der Waals surface area contributed by atoms with Gasteiger partial charge in [0.15, 0.2) is 0 Å². The molecule has 0 fully saturated rings. The van der Waals surface area contributed by atoms with Crippen LogP contribution in [0.15, 0.2) is 36.7 Å². The zero-order chi connectivity index (χ0) is 13.1. The molecule has 2 aromatic rings. The predicted octanol–water partition coefficient (Wildman–Crippen LogP) is 3.59. The molecule has 0 aliphatic rings. The molecule has 0 spiro atoms. The average molecular weight is 303 g/mol. The van der Waals surface area contributed by atoms with Crippen LogP contribution in [0, 0.1) is 0 Å². The molecular weight excluding hydrogens is 293 g/mol. The predicted molar refractivity (Wildman–Crippen MR) is 74.9 cm³/mol. The van der Waals surface area contributed by atoms with E-state index in [4.69, 9.17) is 40.6 Å². The lowest BCUT2D eigenvalue weighted by Gasteiger charge is -2.18. The summed E-state index contributed by atoms with van der Waals surface area (Å²) < 4.78 is 0. The van der Waals surface area contributed by atoms with Crippen LogP contribution in [0.25, 0.3) is 0 Å². The van der Waals surface area contributed by atoms with E-state index in [-0.39, 0.29) is 6.04 Å². The maximum absolute atomic E-state index is 6.10. The number of halogens is 3. The van der Waals surface area contributed by atoms with E-state index in [0.29, 0.717) is 15.1 Å². The number of hydrogen-bond donors (Lipinski definition) is 2. The lowest BCUT2D eigenvalue weighted by Crippen LogP contribution is -2.29. The van der Waals surface area contributed by atoms with Crippen molar-refractivity contribution in [3.05, 3.63) is 62.9 Å². The van der Waals surface area contributed by atoms with Crippen LogP contribution in [0.5, 0.6) is 0 Å². The first kappa shape index (κ1) is 13.6. The fourth-order valence-corrected chi connectivity index (χ4v) is 2.21. The Morgan fingerprint density at radius 1 is 1.06 bits per heavy atom. The van der Waals surface area contributed by atoms with Crippen molar-refractivity contribution in [2.45, 2.75) is 6.04 Å². The standard InChI is InChI=1S/C12H10Cl3N3/c13-9-2-1-7(5-10(9)14)12(18-16)8-3-4-17-6-11(8)15/h1-6,12,18H,16H2. The van der Waals surface area contributed by atoms with Crippen LogP contribution in [-0.4, -0.2) is 4.98 Å². The van der Waals surface area contributed by atoms with Crippen molar-refractivity contribution in [3.63, 3.8) is 0 Å². The molecule has 1 unspecified atom stereocenters. The highest BCUT2D eigenvalue weighted by Crippen LogP contribution is 2.31. The number of hydrazine groups is 1. The first-order valence-electron chi connectivity index (χ1n) is 5.14. The molecule has 0 aliphatic heterocycles. The molecule has 1 aromatic heterocycles. The second-order valence-electron chi connectivity index (χ2n) is 3.67. The molecule has 0 saturated heterocycles. The smallest absolute Gasteiger partial charge is 0.0726 e. The van der Waals surface area contributed by atoms with Crippen molar-refractivity contribution < 1.29 is 0 Å². The third kappa shape index (κ3) is 2.76. The second kappa shape index (κ2) is 5.87. The molecule has 1 aromatic carbocycles. The summed E-state index contributed by atoms with van der Waals surface area (Å²) in [6.07, 6.45) is 3.22. The Balaban J connectivity index is 2.45. The van der Waals surface area contributed by atoms with Crippen molar-refractivity contribution in [1.82, 2.24) is 10.4 Å². The van der Waals surface area contributed by atoms with Crippen LogP contribution >= 0.6 is 34.8 Å². The summed E-state index contributed by atoms with van der Waals surface area (Å²) in [6, 6.07) is 6.85. The molecule has 3 N–H and O–H groups in total. The highest BCUT2D eigenvalue weighted by molar-refractivity contribution is 6.42. The topological polar surface area (TPSA) is 50.9 Å². The molecule has 94 valence electrons. The highest BCUT2D eigenvalue weighted by atomic mass is 35.5. The first-order chi connectivity index (χ1) is 8.63. The lowest BCUT2D eigenvalue weighted by atomic mass is 10.0. The summed E-state index contributed by atoms with van der Waals surface area (Å²) >= 11 is 18.0. The third-order valence-corrected chi connectivity index (χ3v) is 3.61. The van der Waals surface area contributed by atoms with Gasteiger partial charge in [-0.25, -0.2) is 5.43 Å². The minimum absolute atomic E-state index is 0.268. The quantitative estimate of drug-likeness (QED) is 0.673.